The van der Waals surface area contributed by atoms with Crippen molar-refractivity contribution in [3.05, 3.63) is 36.0 Å². The Hall–Kier alpha value is -1.79. The highest BCUT2D eigenvalue weighted by atomic mass is 19.1. The Bertz CT molecular complexity index is 630. The minimum absolute atomic E-state index is 0.270. The lowest BCUT2D eigenvalue weighted by molar-refractivity contribution is 0.0283. The van der Waals surface area contributed by atoms with E-state index >= 15 is 0 Å². The van der Waals surface area contributed by atoms with Gasteiger partial charge in [-0.3, -0.25) is 4.90 Å². The molecule has 6 heteroatoms. The van der Waals surface area contributed by atoms with E-state index in [1.54, 1.807) is 12.1 Å². The Labute approximate surface area is 136 Å². The summed E-state index contributed by atoms with van der Waals surface area (Å²) in [5.74, 6) is 0.842. The van der Waals surface area contributed by atoms with Gasteiger partial charge < -0.3 is 9.42 Å². The minimum atomic E-state index is -0.270. The Morgan fingerprint density at radius 3 is 2.43 bits per heavy atom. The number of piperazine rings is 1. The number of hydrogen-bond donors (Lipinski definition) is 0. The molecule has 0 saturated carbocycles. The van der Waals surface area contributed by atoms with E-state index in [-0.39, 0.29) is 5.82 Å². The number of aromatic nitrogens is 2. The molecule has 3 rings (SSSR count). The summed E-state index contributed by atoms with van der Waals surface area (Å²) in [6.07, 6.45) is 0. The zero-order valence-corrected chi connectivity index (χ0v) is 13.9. The van der Waals surface area contributed by atoms with Crippen molar-refractivity contribution in [3.8, 4) is 11.4 Å². The maximum absolute atomic E-state index is 13.0. The second-order valence-corrected chi connectivity index (χ2v) is 6.24. The third-order valence-electron chi connectivity index (χ3n) is 4.51. The molecule has 0 N–H and O–H groups in total. The molecule has 0 radical (unpaired) electrons. The van der Waals surface area contributed by atoms with Gasteiger partial charge in [-0.1, -0.05) is 12.1 Å². The maximum atomic E-state index is 13.0. The van der Waals surface area contributed by atoms with Crippen LogP contribution in [0, 0.1) is 5.82 Å². The molecule has 1 fully saturated rings. The van der Waals surface area contributed by atoms with Gasteiger partial charge in [0.15, 0.2) is 0 Å². The van der Waals surface area contributed by atoms with Crippen LogP contribution in [0.25, 0.3) is 11.4 Å². The van der Waals surface area contributed by atoms with Crippen molar-refractivity contribution in [1.82, 2.24) is 19.9 Å². The van der Waals surface area contributed by atoms with Crippen molar-refractivity contribution in [2.75, 3.05) is 19.6 Å². The number of nitrogens with zero attached hydrogens (tertiary/aromatic N) is 4. The Morgan fingerprint density at radius 1 is 1.17 bits per heavy atom. The molecule has 0 amide bonds. The molecular formula is C17H23FN4O. The predicted octanol–water partition coefficient (Wildman–Crippen LogP) is 2.79. The molecule has 1 aromatic heterocycles. The molecule has 124 valence electrons. The molecule has 1 saturated heterocycles. The number of likely N-dealkylation sites (N-methyl/N-ethyl adjacent to an activating group) is 1. The molecule has 5 nitrogen and oxygen atoms in total. The van der Waals surface area contributed by atoms with Crippen LogP contribution in [0.5, 0.6) is 0 Å². The Balaban J connectivity index is 1.70. The molecule has 2 heterocycles. The van der Waals surface area contributed by atoms with Gasteiger partial charge in [-0.25, -0.2) is 4.39 Å². The van der Waals surface area contributed by atoms with Crippen molar-refractivity contribution >= 4 is 0 Å². The SMILES string of the molecule is CCN1CC(C)N(Cc2nc(-c3ccc(F)cc3)no2)C(C)C1. The number of hydrogen-bond acceptors (Lipinski definition) is 5. The van der Waals surface area contributed by atoms with E-state index in [4.69, 9.17) is 4.52 Å². The molecule has 1 aromatic carbocycles. The molecule has 2 unspecified atom stereocenters. The first-order chi connectivity index (χ1) is 11.1. The van der Waals surface area contributed by atoms with Crippen LogP contribution in [0.15, 0.2) is 28.8 Å². The monoisotopic (exact) mass is 318 g/mol. The van der Waals surface area contributed by atoms with Gasteiger partial charge in [0.25, 0.3) is 0 Å². The standard InChI is InChI=1S/C17H23FN4O/c1-4-21-9-12(2)22(13(3)10-21)11-16-19-17(20-23-16)14-5-7-15(18)8-6-14/h5-8,12-13H,4,9-11H2,1-3H3. The van der Waals surface area contributed by atoms with Crippen molar-refractivity contribution < 1.29 is 8.91 Å². The molecule has 0 bridgehead atoms. The van der Waals surface area contributed by atoms with Crippen molar-refractivity contribution in [2.24, 2.45) is 0 Å². The van der Waals surface area contributed by atoms with Gasteiger partial charge in [-0.15, -0.1) is 0 Å². The number of benzene rings is 1. The van der Waals surface area contributed by atoms with Crippen LogP contribution in [0.3, 0.4) is 0 Å². The topological polar surface area (TPSA) is 45.4 Å². The zero-order valence-electron chi connectivity index (χ0n) is 13.9. The third kappa shape index (κ3) is 3.59. The summed E-state index contributed by atoms with van der Waals surface area (Å²) in [6.45, 7) is 10.5. The van der Waals surface area contributed by atoms with Gasteiger partial charge in [0, 0.05) is 30.7 Å². The molecule has 1 aliphatic heterocycles. The van der Waals surface area contributed by atoms with Crippen LogP contribution in [-0.4, -0.2) is 51.7 Å². The van der Waals surface area contributed by atoms with Gasteiger partial charge in [0.05, 0.1) is 6.54 Å². The fourth-order valence-electron chi connectivity index (χ4n) is 3.23. The summed E-state index contributed by atoms with van der Waals surface area (Å²) in [6, 6.07) is 7.02. The van der Waals surface area contributed by atoms with Gasteiger partial charge >= 0.3 is 0 Å². The number of halogens is 1. The summed E-state index contributed by atoms with van der Waals surface area (Å²) >= 11 is 0. The fraction of sp³-hybridized carbons (Fsp3) is 0.529. The molecule has 2 aromatic rings. The van der Waals surface area contributed by atoms with Crippen LogP contribution in [0.4, 0.5) is 4.39 Å². The van der Waals surface area contributed by atoms with E-state index in [9.17, 15) is 4.39 Å². The maximum Gasteiger partial charge on any atom is 0.241 e. The van der Waals surface area contributed by atoms with E-state index in [2.05, 4.69) is 40.7 Å². The van der Waals surface area contributed by atoms with Crippen molar-refractivity contribution in [2.45, 2.75) is 39.4 Å². The van der Waals surface area contributed by atoms with Gasteiger partial charge in [0.2, 0.25) is 11.7 Å². The Kier molecular flexibility index (Phi) is 4.73. The van der Waals surface area contributed by atoms with Crippen LogP contribution in [0.1, 0.15) is 26.7 Å². The lowest BCUT2D eigenvalue weighted by Crippen LogP contribution is -2.55. The van der Waals surface area contributed by atoms with E-state index in [0.29, 0.717) is 30.3 Å². The average Bonchev–Trinajstić information content (AvgIpc) is 3.00. The molecular weight excluding hydrogens is 295 g/mol. The van der Waals surface area contributed by atoms with Crippen LogP contribution in [-0.2, 0) is 6.54 Å². The minimum Gasteiger partial charge on any atom is -0.338 e. The first-order valence-electron chi connectivity index (χ1n) is 8.13. The first kappa shape index (κ1) is 16.1. The number of rotatable bonds is 4. The van der Waals surface area contributed by atoms with E-state index in [0.717, 1.165) is 25.2 Å². The summed E-state index contributed by atoms with van der Waals surface area (Å²) in [7, 11) is 0. The van der Waals surface area contributed by atoms with Gasteiger partial charge in [-0.05, 0) is 44.7 Å². The molecule has 1 aliphatic rings. The van der Waals surface area contributed by atoms with E-state index < -0.39 is 0 Å². The van der Waals surface area contributed by atoms with Crippen LogP contribution in [0.2, 0.25) is 0 Å². The summed E-state index contributed by atoms with van der Waals surface area (Å²) in [4.78, 5) is 9.32. The molecule has 23 heavy (non-hydrogen) atoms. The first-order valence-corrected chi connectivity index (χ1v) is 8.13. The molecule has 0 spiro atoms. The molecule has 2 atom stereocenters. The second kappa shape index (κ2) is 6.76. The Morgan fingerprint density at radius 2 is 1.83 bits per heavy atom. The summed E-state index contributed by atoms with van der Waals surface area (Å²) in [5.41, 5.74) is 0.762. The van der Waals surface area contributed by atoms with Gasteiger partial charge in [-0.2, -0.15) is 4.98 Å². The highest BCUT2D eigenvalue weighted by Gasteiger charge is 2.29. The normalized spacial score (nSPS) is 23.3. The van der Waals surface area contributed by atoms with Crippen molar-refractivity contribution in [1.29, 1.82) is 0 Å². The second-order valence-electron chi connectivity index (χ2n) is 6.24. The highest BCUT2D eigenvalue weighted by Crippen LogP contribution is 2.20. The highest BCUT2D eigenvalue weighted by molar-refractivity contribution is 5.53. The van der Waals surface area contributed by atoms with Crippen LogP contribution < -0.4 is 0 Å². The average molecular weight is 318 g/mol. The lowest BCUT2D eigenvalue weighted by atomic mass is 10.1. The zero-order chi connectivity index (χ0) is 16.4. The largest absolute Gasteiger partial charge is 0.338 e. The van der Waals surface area contributed by atoms with Crippen molar-refractivity contribution in [3.63, 3.8) is 0 Å². The fourth-order valence-corrected chi connectivity index (χ4v) is 3.23. The third-order valence-corrected chi connectivity index (χ3v) is 4.51. The summed E-state index contributed by atoms with van der Waals surface area (Å²) < 4.78 is 18.4. The smallest absolute Gasteiger partial charge is 0.241 e. The quantitative estimate of drug-likeness (QED) is 0.867. The van der Waals surface area contributed by atoms with E-state index in [1.165, 1.54) is 12.1 Å². The lowest BCUT2D eigenvalue weighted by Gasteiger charge is -2.43. The van der Waals surface area contributed by atoms with Gasteiger partial charge in [0.1, 0.15) is 5.82 Å². The van der Waals surface area contributed by atoms with E-state index in [1.807, 2.05) is 0 Å². The predicted molar refractivity (Wildman–Crippen MR) is 86.3 cm³/mol. The van der Waals surface area contributed by atoms with Crippen LogP contribution >= 0.6 is 0 Å². The summed E-state index contributed by atoms with van der Waals surface area (Å²) in [5, 5.41) is 4.02. The molecule has 0 aliphatic carbocycles.